The molecule has 0 unspecified atom stereocenters. The highest BCUT2D eigenvalue weighted by molar-refractivity contribution is 5.85. The van der Waals surface area contributed by atoms with Crippen molar-refractivity contribution in [1.29, 1.82) is 0 Å². The van der Waals surface area contributed by atoms with Crippen LogP contribution in [0.1, 0.15) is 5.56 Å². The van der Waals surface area contributed by atoms with Gasteiger partial charge >= 0.3 is 0 Å². The summed E-state index contributed by atoms with van der Waals surface area (Å²) in [6.07, 6.45) is 0. The topological polar surface area (TPSA) is 59.6 Å². The van der Waals surface area contributed by atoms with Crippen LogP contribution < -0.4 is 15.4 Å². The minimum Gasteiger partial charge on any atom is -0.491 e. The summed E-state index contributed by atoms with van der Waals surface area (Å²) in [7, 11) is 3.38. The second kappa shape index (κ2) is 10.6. The van der Waals surface area contributed by atoms with Crippen molar-refractivity contribution in [2.75, 3.05) is 33.9 Å². The van der Waals surface area contributed by atoms with Gasteiger partial charge in [-0.1, -0.05) is 12.1 Å². The zero-order chi connectivity index (χ0) is 13.2. The van der Waals surface area contributed by atoms with Crippen molar-refractivity contribution >= 4 is 18.3 Å². The third kappa shape index (κ3) is 7.66. The summed E-state index contributed by atoms with van der Waals surface area (Å²) in [5.74, 6) is 0.787. The molecule has 0 fully saturated rings. The number of methoxy groups -OCH3 is 1. The Morgan fingerprint density at radius 2 is 1.89 bits per heavy atom. The van der Waals surface area contributed by atoms with Gasteiger partial charge < -0.3 is 20.1 Å². The number of nitrogens with one attached hydrogen (secondary N) is 2. The number of carbonyl (C=O) groups excluding carboxylic acids is 1. The summed E-state index contributed by atoms with van der Waals surface area (Å²) in [5.41, 5.74) is 1.04. The first-order chi connectivity index (χ1) is 8.76. The number of amides is 1. The molecule has 1 aromatic carbocycles. The van der Waals surface area contributed by atoms with Crippen LogP contribution in [0.3, 0.4) is 0 Å². The summed E-state index contributed by atoms with van der Waals surface area (Å²) in [6, 6.07) is 7.63. The largest absolute Gasteiger partial charge is 0.491 e. The number of hydrogen-bond donors (Lipinski definition) is 2. The van der Waals surface area contributed by atoms with E-state index in [0.29, 0.717) is 26.3 Å². The fourth-order valence-corrected chi connectivity index (χ4v) is 1.37. The first-order valence-corrected chi connectivity index (χ1v) is 5.88. The van der Waals surface area contributed by atoms with Crippen molar-refractivity contribution in [1.82, 2.24) is 10.6 Å². The van der Waals surface area contributed by atoms with Gasteiger partial charge in [-0.15, -0.1) is 12.4 Å². The Balaban J connectivity index is 0.00000324. The van der Waals surface area contributed by atoms with E-state index in [1.165, 1.54) is 0 Å². The van der Waals surface area contributed by atoms with Gasteiger partial charge in [0.15, 0.2) is 0 Å². The van der Waals surface area contributed by atoms with Gasteiger partial charge in [-0.25, -0.2) is 0 Å². The Morgan fingerprint density at radius 3 is 2.47 bits per heavy atom. The number of likely N-dealkylation sites (N-methyl/N-ethyl adjacent to an activating group) is 1. The number of rotatable bonds is 8. The van der Waals surface area contributed by atoms with E-state index in [1.54, 1.807) is 14.2 Å². The van der Waals surface area contributed by atoms with Crippen LogP contribution in [0.15, 0.2) is 24.3 Å². The van der Waals surface area contributed by atoms with Gasteiger partial charge in [-0.3, -0.25) is 4.79 Å². The highest BCUT2D eigenvalue weighted by Gasteiger charge is 1.99. The van der Waals surface area contributed by atoms with Gasteiger partial charge in [-0.2, -0.15) is 0 Å². The average molecular weight is 289 g/mol. The molecular weight excluding hydrogens is 268 g/mol. The second-order valence-electron chi connectivity index (χ2n) is 3.79. The molecule has 1 aromatic rings. The van der Waals surface area contributed by atoms with E-state index >= 15 is 0 Å². The molecule has 6 heteroatoms. The lowest BCUT2D eigenvalue weighted by Gasteiger charge is -2.07. The van der Waals surface area contributed by atoms with Crippen LogP contribution in [0.4, 0.5) is 0 Å². The maximum absolute atomic E-state index is 11.2. The molecule has 5 nitrogen and oxygen atoms in total. The Morgan fingerprint density at radius 1 is 1.21 bits per heavy atom. The van der Waals surface area contributed by atoms with Crippen molar-refractivity contribution in [3.8, 4) is 5.75 Å². The quantitative estimate of drug-likeness (QED) is 0.700. The third-order valence-corrected chi connectivity index (χ3v) is 2.31. The number of ether oxygens (including phenoxy) is 2. The predicted octanol–water partition coefficient (Wildman–Crippen LogP) is 0.969. The van der Waals surface area contributed by atoms with Gasteiger partial charge in [0.1, 0.15) is 12.4 Å². The summed E-state index contributed by atoms with van der Waals surface area (Å²) in [6.45, 7) is 1.97. The molecule has 0 aliphatic rings. The molecule has 0 heterocycles. The van der Waals surface area contributed by atoms with Crippen molar-refractivity contribution in [2.45, 2.75) is 6.54 Å². The molecule has 1 amide bonds. The van der Waals surface area contributed by atoms with Crippen molar-refractivity contribution in [3.05, 3.63) is 29.8 Å². The van der Waals surface area contributed by atoms with E-state index in [-0.39, 0.29) is 18.3 Å². The van der Waals surface area contributed by atoms with Crippen LogP contribution in [0.5, 0.6) is 5.75 Å². The SMILES string of the molecule is CNCC(=O)NCc1ccc(OCCOC)cc1.Cl. The van der Waals surface area contributed by atoms with E-state index in [0.717, 1.165) is 11.3 Å². The fourth-order valence-electron chi connectivity index (χ4n) is 1.37. The minimum absolute atomic E-state index is 0. The van der Waals surface area contributed by atoms with Crippen LogP contribution in [0.2, 0.25) is 0 Å². The molecule has 108 valence electrons. The molecule has 0 aromatic heterocycles. The maximum atomic E-state index is 11.2. The van der Waals surface area contributed by atoms with E-state index in [1.807, 2.05) is 24.3 Å². The van der Waals surface area contributed by atoms with Crippen molar-refractivity contribution in [3.63, 3.8) is 0 Å². The minimum atomic E-state index is -0.0158. The first-order valence-electron chi connectivity index (χ1n) is 5.88. The van der Waals surface area contributed by atoms with Gasteiger partial charge in [0, 0.05) is 13.7 Å². The number of carbonyl (C=O) groups is 1. The second-order valence-corrected chi connectivity index (χ2v) is 3.79. The lowest BCUT2D eigenvalue weighted by molar-refractivity contribution is -0.120. The Labute approximate surface area is 120 Å². The molecule has 0 saturated carbocycles. The molecule has 0 aliphatic carbocycles. The molecule has 0 spiro atoms. The molecular formula is C13H21ClN2O3. The monoisotopic (exact) mass is 288 g/mol. The van der Waals surface area contributed by atoms with Crippen LogP contribution in [0, 0.1) is 0 Å². The van der Waals surface area contributed by atoms with Gasteiger partial charge in [-0.05, 0) is 24.7 Å². The zero-order valence-corrected chi connectivity index (χ0v) is 12.1. The van der Waals surface area contributed by atoms with Crippen molar-refractivity contribution in [2.24, 2.45) is 0 Å². The maximum Gasteiger partial charge on any atom is 0.234 e. The lowest BCUT2D eigenvalue weighted by Crippen LogP contribution is -2.31. The third-order valence-electron chi connectivity index (χ3n) is 2.31. The molecule has 1 rings (SSSR count). The molecule has 19 heavy (non-hydrogen) atoms. The fraction of sp³-hybridized carbons (Fsp3) is 0.462. The first kappa shape index (κ1) is 17.7. The Kier molecular flexibility index (Phi) is 9.88. The standard InChI is InChI=1S/C13H20N2O3.ClH/c1-14-10-13(16)15-9-11-3-5-12(6-4-11)18-8-7-17-2;/h3-6,14H,7-10H2,1-2H3,(H,15,16);1H. The molecule has 2 N–H and O–H groups in total. The summed E-state index contributed by atoms with van der Waals surface area (Å²) in [5, 5.41) is 5.61. The average Bonchev–Trinajstić information content (AvgIpc) is 2.38. The highest BCUT2D eigenvalue weighted by atomic mass is 35.5. The molecule has 0 bridgehead atoms. The zero-order valence-electron chi connectivity index (χ0n) is 11.3. The molecule has 0 atom stereocenters. The smallest absolute Gasteiger partial charge is 0.234 e. The van der Waals surface area contributed by atoms with Gasteiger partial charge in [0.05, 0.1) is 13.2 Å². The highest BCUT2D eigenvalue weighted by Crippen LogP contribution is 2.11. The predicted molar refractivity (Wildman–Crippen MR) is 76.8 cm³/mol. The molecule has 0 saturated heterocycles. The Bertz CT molecular complexity index is 357. The number of halogens is 1. The van der Waals surface area contributed by atoms with Crippen LogP contribution in [-0.4, -0.2) is 39.8 Å². The van der Waals surface area contributed by atoms with Gasteiger partial charge in [0.25, 0.3) is 0 Å². The molecule has 0 aliphatic heterocycles. The lowest BCUT2D eigenvalue weighted by atomic mass is 10.2. The van der Waals surface area contributed by atoms with E-state index in [9.17, 15) is 4.79 Å². The van der Waals surface area contributed by atoms with Crippen LogP contribution in [0.25, 0.3) is 0 Å². The van der Waals surface area contributed by atoms with E-state index < -0.39 is 0 Å². The van der Waals surface area contributed by atoms with Crippen LogP contribution in [-0.2, 0) is 16.1 Å². The van der Waals surface area contributed by atoms with Crippen LogP contribution >= 0.6 is 12.4 Å². The summed E-state index contributed by atoms with van der Waals surface area (Å²) >= 11 is 0. The van der Waals surface area contributed by atoms with E-state index in [2.05, 4.69) is 10.6 Å². The number of benzene rings is 1. The summed E-state index contributed by atoms with van der Waals surface area (Å²) in [4.78, 5) is 11.2. The number of hydrogen-bond acceptors (Lipinski definition) is 4. The Hall–Kier alpha value is -1.30. The van der Waals surface area contributed by atoms with Gasteiger partial charge in [0.2, 0.25) is 5.91 Å². The normalized spacial score (nSPS) is 9.58. The van der Waals surface area contributed by atoms with E-state index in [4.69, 9.17) is 9.47 Å². The van der Waals surface area contributed by atoms with Crippen molar-refractivity contribution < 1.29 is 14.3 Å². The molecule has 0 radical (unpaired) electrons. The summed E-state index contributed by atoms with van der Waals surface area (Å²) < 4.78 is 10.3.